The molecule has 0 saturated carbocycles. The Morgan fingerprint density at radius 1 is 1.36 bits per heavy atom. The molecular weight excluding hydrogens is 378 g/mol. The zero-order valence-corrected chi connectivity index (χ0v) is 17.4. The summed E-state index contributed by atoms with van der Waals surface area (Å²) in [5, 5.41) is 11.7. The summed E-state index contributed by atoms with van der Waals surface area (Å²) >= 11 is 1.63. The van der Waals surface area contributed by atoms with E-state index in [0.29, 0.717) is 31.6 Å². The molecule has 150 valence electrons. The summed E-state index contributed by atoms with van der Waals surface area (Å²) in [5.41, 5.74) is 1.79. The second-order valence-electron chi connectivity index (χ2n) is 7.41. The maximum Gasteiger partial charge on any atom is 0.341 e. The number of likely N-dealkylation sites (N-methyl/N-ethyl adjacent to an activating group) is 1. The first-order valence-corrected chi connectivity index (χ1v) is 10.0. The molecule has 0 radical (unpaired) electrons. The van der Waals surface area contributed by atoms with Crippen molar-refractivity contribution in [2.45, 2.75) is 39.4 Å². The van der Waals surface area contributed by atoms with E-state index in [4.69, 9.17) is 0 Å². The summed E-state index contributed by atoms with van der Waals surface area (Å²) in [6.07, 6.45) is 2.12. The van der Waals surface area contributed by atoms with Crippen LogP contribution in [0.2, 0.25) is 0 Å². The minimum Gasteiger partial charge on any atom is -0.477 e. The van der Waals surface area contributed by atoms with Gasteiger partial charge < -0.3 is 19.5 Å². The van der Waals surface area contributed by atoms with E-state index >= 15 is 0 Å². The predicted molar refractivity (Wildman–Crippen MR) is 108 cm³/mol. The molecule has 2 aromatic heterocycles. The quantitative estimate of drug-likeness (QED) is 0.827. The molecule has 1 aliphatic rings. The smallest absolute Gasteiger partial charge is 0.341 e. The zero-order valence-electron chi connectivity index (χ0n) is 16.6. The first kappa shape index (κ1) is 20.3. The molecule has 3 rings (SSSR count). The number of carbonyl (C=O) groups is 2. The fraction of sp³-hybridized carbons (Fsp3) is 0.450. The summed E-state index contributed by atoms with van der Waals surface area (Å²) < 4.78 is 1.50. The predicted octanol–water partition coefficient (Wildman–Crippen LogP) is 2.12. The van der Waals surface area contributed by atoms with Crippen LogP contribution in [0.3, 0.4) is 0 Å². The molecule has 8 heteroatoms. The molecule has 1 atom stereocenters. The highest BCUT2D eigenvalue weighted by Gasteiger charge is 2.28. The normalized spacial score (nSPS) is 14.8. The Morgan fingerprint density at radius 3 is 2.61 bits per heavy atom. The Morgan fingerprint density at radius 2 is 2.07 bits per heavy atom. The summed E-state index contributed by atoms with van der Waals surface area (Å²) in [4.78, 5) is 41.5. The van der Waals surface area contributed by atoms with Gasteiger partial charge in [-0.3, -0.25) is 9.59 Å². The number of thiophene rings is 1. The van der Waals surface area contributed by atoms with Crippen molar-refractivity contribution in [3.63, 3.8) is 0 Å². The number of aryl methyl sites for hydroxylation is 1. The van der Waals surface area contributed by atoms with Gasteiger partial charge in [-0.15, -0.1) is 11.3 Å². The van der Waals surface area contributed by atoms with Crippen LogP contribution < -0.4 is 5.56 Å². The Hall–Kier alpha value is -2.45. The lowest BCUT2D eigenvalue weighted by atomic mass is 9.96. The minimum absolute atomic E-state index is 0.0510. The number of fused-ring (bicyclic) bond motifs is 1. The van der Waals surface area contributed by atoms with E-state index in [1.54, 1.807) is 22.4 Å². The average molecular weight is 404 g/mol. The number of carboxylic acid groups (broad SMARTS) is 1. The van der Waals surface area contributed by atoms with E-state index < -0.39 is 11.5 Å². The van der Waals surface area contributed by atoms with E-state index in [1.807, 2.05) is 37.4 Å². The van der Waals surface area contributed by atoms with Crippen LogP contribution in [0.25, 0.3) is 0 Å². The number of rotatable bonds is 5. The maximum atomic E-state index is 13.0. The van der Waals surface area contributed by atoms with E-state index in [-0.39, 0.29) is 17.5 Å². The van der Waals surface area contributed by atoms with Gasteiger partial charge >= 0.3 is 5.97 Å². The number of amides is 1. The third-order valence-electron chi connectivity index (χ3n) is 5.33. The molecule has 1 amide bonds. The molecule has 0 bridgehead atoms. The van der Waals surface area contributed by atoms with Crippen LogP contribution in [0.4, 0.5) is 0 Å². The molecule has 0 saturated heterocycles. The van der Waals surface area contributed by atoms with Crippen molar-refractivity contribution < 1.29 is 14.7 Å². The van der Waals surface area contributed by atoms with Crippen molar-refractivity contribution in [3.05, 3.63) is 55.1 Å². The summed E-state index contributed by atoms with van der Waals surface area (Å²) in [5.74, 6) is -1.26. The molecular formula is C20H25N3O4S. The first-order chi connectivity index (χ1) is 13.2. The van der Waals surface area contributed by atoms with Gasteiger partial charge in [0.1, 0.15) is 5.56 Å². The number of pyridine rings is 1. The van der Waals surface area contributed by atoms with Gasteiger partial charge in [0.2, 0.25) is 5.91 Å². The van der Waals surface area contributed by atoms with E-state index in [0.717, 1.165) is 16.0 Å². The van der Waals surface area contributed by atoms with E-state index in [9.17, 15) is 19.5 Å². The maximum absolute atomic E-state index is 13.0. The third-order valence-corrected chi connectivity index (χ3v) is 6.45. The van der Waals surface area contributed by atoms with Gasteiger partial charge in [0.15, 0.2) is 0 Å². The zero-order chi connectivity index (χ0) is 20.6. The number of carbonyl (C=O) groups excluding carboxylic acids is 1. The van der Waals surface area contributed by atoms with Crippen LogP contribution in [0.5, 0.6) is 0 Å². The van der Waals surface area contributed by atoms with Crippen LogP contribution in [-0.4, -0.2) is 52.0 Å². The monoisotopic (exact) mass is 403 g/mol. The summed E-state index contributed by atoms with van der Waals surface area (Å²) in [7, 11) is 3.89. The molecule has 0 spiro atoms. The minimum atomic E-state index is -1.21. The van der Waals surface area contributed by atoms with Gasteiger partial charge in [0, 0.05) is 37.6 Å². The average Bonchev–Trinajstić information content (AvgIpc) is 3.04. The lowest BCUT2D eigenvalue weighted by Crippen LogP contribution is -2.39. The largest absolute Gasteiger partial charge is 0.477 e. The fourth-order valence-corrected chi connectivity index (χ4v) is 4.84. The van der Waals surface area contributed by atoms with Gasteiger partial charge in [-0.25, -0.2) is 4.79 Å². The summed E-state index contributed by atoms with van der Waals surface area (Å²) in [6, 6.07) is 1.99. The summed E-state index contributed by atoms with van der Waals surface area (Å²) in [6.45, 7) is 4.64. The SMILES string of the molecule is CC(=O)N1CCc2c(cn(CC(c3sccc3C)N(C)C)c(=O)c2C(=O)O)C1. The molecule has 0 aliphatic carbocycles. The molecule has 7 nitrogen and oxygen atoms in total. The highest BCUT2D eigenvalue weighted by Crippen LogP contribution is 2.29. The lowest BCUT2D eigenvalue weighted by Gasteiger charge is -2.30. The van der Waals surface area contributed by atoms with Gasteiger partial charge in [0.05, 0.1) is 6.04 Å². The van der Waals surface area contributed by atoms with E-state index in [2.05, 4.69) is 0 Å². The number of aromatic carboxylic acids is 1. The topological polar surface area (TPSA) is 82.9 Å². The Labute approximate surface area is 167 Å². The van der Waals surface area contributed by atoms with Gasteiger partial charge in [-0.05, 0) is 55.6 Å². The van der Waals surface area contributed by atoms with Crippen molar-refractivity contribution >= 4 is 23.2 Å². The number of aromatic nitrogens is 1. The highest BCUT2D eigenvalue weighted by molar-refractivity contribution is 7.10. The second-order valence-corrected chi connectivity index (χ2v) is 8.36. The van der Waals surface area contributed by atoms with Crippen LogP contribution in [-0.2, 0) is 24.3 Å². The van der Waals surface area contributed by atoms with Crippen molar-refractivity contribution in [2.75, 3.05) is 20.6 Å². The Balaban J connectivity index is 2.08. The van der Waals surface area contributed by atoms with Crippen LogP contribution in [0.15, 0.2) is 22.4 Å². The van der Waals surface area contributed by atoms with Crippen molar-refractivity contribution in [1.29, 1.82) is 0 Å². The van der Waals surface area contributed by atoms with Gasteiger partial charge in [-0.2, -0.15) is 0 Å². The molecule has 0 fully saturated rings. The molecule has 0 aromatic carbocycles. The first-order valence-electron chi connectivity index (χ1n) is 9.15. The molecule has 2 aromatic rings. The van der Waals surface area contributed by atoms with Crippen molar-refractivity contribution in [3.8, 4) is 0 Å². The number of nitrogens with zero attached hydrogens (tertiary/aromatic N) is 3. The Bertz CT molecular complexity index is 976. The fourth-order valence-electron chi connectivity index (χ4n) is 3.73. The molecule has 1 aliphatic heterocycles. The third kappa shape index (κ3) is 3.74. The molecule has 28 heavy (non-hydrogen) atoms. The van der Waals surface area contributed by atoms with Crippen LogP contribution in [0.1, 0.15) is 44.9 Å². The highest BCUT2D eigenvalue weighted by atomic mass is 32.1. The second kappa shape index (κ2) is 7.89. The van der Waals surface area contributed by atoms with E-state index in [1.165, 1.54) is 11.5 Å². The van der Waals surface area contributed by atoms with Gasteiger partial charge in [-0.1, -0.05) is 0 Å². The number of carboxylic acids is 1. The standard InChI is InChI=1S/C20H25N3O4S/c1-12-6-8-28-18(12)16(21(3)4)11-23-10-14-9-22(13(2)24)7-5-15(14)17(19(23)25)20(26)27/h6,8,10,16H,5,7,9,11H2,1-4H3,(H,26,27). The Kier molecular flexibility index (Phi) is 5.71. The molecule has 1 unspecified atom stereocenters. The van der Waals surface area contributed by atoms with Crippen molar-refractivity contribution in [2.24, 2.45) is 0 Å². The van der Waals surface area contributed by atoms with Gasteiger partial charge in [0.25, 0.3) is 5.56 Å². The van der Waals surface area contributed by atoms with Crippen LogP contribution in [0, 0.1) is 6.92 Å². The number of hydrogen-bond acceptors (Lipinski definition) is 5. The van der Waals surface area contributed by atoms with Crippen LogP contribution >= 0.6 is 11.3 Å². The van der Waals surface area contributed by atoms with Crippen molar-refractivity contribution in [1.82, 2.24) is 14.4 Å². The number of hydrogen-bond donors (Lipinski definition) is 1. The molecule has 3 heterocycles. The lowest BCUT2D eigenvalue weighted by molar-refractivity contribution is -0.129. The molecule has 1 N–H and O–H groups in total.